The van der Waals surface area contributed by atoms with E-state index in [1.807, 2.05) is 0 Å². The second-order valence-electron chi connectivity index (χ2n) is 3.06. The maximum Gasteiger partial charge on any atom is 0.404 e. The third kappa shape index (κ3) is 8.26. The van der Waals surface area contributed by atoms with Crippen LogP contribution < -0.4 is 10.6 Å². The maximum absolute atomic E-state index is 11.3. The van der Waals surface area contributed by atoms with E-state index in [0.29, 0.717) is 30.9 Å². The molecule has 0 heterocycles. The number of urea groups is 1. The monoisotopic (exact) mass is 266 g/mol. The van der Waals surface area contributed by atoms with Gasteiger partial charge in [0.15, 0.2) is 0 Å². The maximum atomic E-state index is 11.3. The van der Waals surface area contributed by atoms with E-state index < -0.39 is 12.1 Å². The van der Waals surface area contributed by atoms with E-state index in [-0.39, 0.29) is 12.4 Å². The fourth-order valence-electron chi connectivity index (χ4n) is 0.991. The molecule has 0 aromatic carbocycles. The molecule has 3 amide bonds. The number of carbonyl (C=O) groups excluding carboxylic acids is 1. The van der Waals surface area contributed by atoms with Crippen LogP contribution in [0.2, 0.25) is 0 Å². The summed E-state index contributed by atoms with van der Waals surface area (Å²) in [5.41, 5.74) is 0. The molecule has 0 aliphatic carbocycles. The van der Waals surface area contributed by atoms with Crippen molar-refractivity contribution in [3.8, 4) is 0 Å². The summed E-state index contributed by atoms with van der Waals surface area (Å²) in [6.45, 7) is 0.717. The van der Waals surface area contributed by atoms with Gasteiger partial charge in [0.1, 0.15) is 0 Å². The number of nitrogens with one attached hydrogen (secondary N) is 2. The van der Waals surface area contributed by atoms with E-state index in [2.05, 4.69) is 15.9 Å². The Morgan fingerprint density at radius 1 is 1.24 bits per heavy atom. The first kappa shape index (κ1) is 15.4. The van der Waals surface area contributed by atoms with E-state index in [9.17, 15) is 14.5 Å². The molecule has 9 heteroatoms. The summed E-state index contributed by atoms with van der Waals surface area (Å²) >= 11 is 5.37. The molecule has 0 saturated carbocycles. The van der Waals surface area contributed by atoms with Crippen molar-refractivity contribution < 1.29 is 14.7 Å². The number of hydrogen-bond donors (Lipinski definition) is 3. The van der Waals surface area contributed by atoms with Gasteiger partial charge in [0, 0.05) is 19.0 Å². The summed E-state index contributed by atoms with van der Waals surface area (Å²) < 4.78 is 0. The average molecular weight is 267 g/mol. The largest absolute Gasteiger partial charge is 0.465 e. The zero-order valence-corrected chi connectivity index (χ0v) is 9.94. The molecular weight excluding hydrogens is 252 g/mol. The minimum atomic E-state index is -1.08. The van der Waals surface area contributed by atoms with E-state index in [1.165, 1.54) is 0 Å². The van der Waals surface area contributed by atoms with Gasteiger partial charge in [-0.2, -0.15) is 5.01 Å². The third-order valence-electron chi connectivity index (χ3n) is 1.79. The number of halogens is 1. The molecular formula is C8H15ClN4O4. The van der Waals surface area contributed by atoms with Gasteiger partial charge >= 0.3 is 12.1 Å². The number of unbranched alkanes of at least 4 members (excludes halogenated alkanes) is 1. The van der Waals surface area contributed by atoms with Crippen LogP contribution in [0.3, 0.4) is 0 Å². The molecule has 3 N–H and O–H groups in total. The summed E-state index contributed by atoms with van der Waals surface area (Å²) in [5.74, 6) is 0.127. The van der Waals surface area contributed by atoms with Crippen molar-refractivity contribution in [1.82, 2.24) is 15.6 Å². The van der Waals surface area contributed by atoms with Crippen LogP contribution in [-0.2, 0) is 0 Å². The van der Waals surface area contributed by atoms with Crippen molar-refractivity contribution in [3.63, 3.8) is 0 Å². The molecule has 17 heavy (non-hydrogen) atoms. The molecule has 0 spiro atoms. The highest BCUT2D eigenvalue weighted by molar-refractivity contribution is 6.18. The summed E-state index contributed by atoms with van der Waals surface area (Å²) in [6, 6.07) is -0.605. The molecule has 0 unspecified atom stereocenters. The lowest BCUT2D eigenvalue weighted by Gasteiger charge is -2.12. The van der Waals surface area contributed by atoms with Crippen LogP contribution in [-0.4, -0.2) is 47.8 Å². The van der Waals surface area contributed by atoms with Gasteiger partial charge in [0.05, 0.1) is 11.8 Å². The molecule has 0 rings (SSSR count). The second-order valence-corrected chi connectivity index (χ2v) is 3.44. The molecule has 0 radical (unpaired) electrons. The fraction of sp³-hybridized carbons (Fsp3) is 0.750. The molecule has 0 aromatic heterocycles. The normalized spacial score (nSPS) is 9.47. The lowest BCUT2D eigenvalue weighted by atomic mass is 10.3. The number of rotatable bonds is 8. The number of carbonyl (C=O) groups is 2. The van der Waals surface area contributed by atoms with Crippen LogP contribution >= 0.6 is 11.6 Å². The van der Waals surface area contributed by atoms with Crippen LogP contribution in [0.25, 0.3) is 0 Å². The number of amides is 3. The Labute approximate surface area is 103 Å². The molecule has 98 valence electrons. The third-order valence-corrected chi connectivity index (χ3v) is 1.95. The van der Waals surface area contributed by atoms with Crippen molar-refractivity contribution >= 4 is 23.7 Å². The van der Waals surface area contributed by atoms with Gasteiger partial charge in [-0.1, -0.05) is 0 Å². The first-order valence-electron chi connectivity index (χ1n) is 5.03. The van der Waals surface area contributed by atoms with Gasteiger partial charge in [0.25, 0.3) is 0 Å². The first-order valence-corrected chi connectivity index (χ1v) is 5.56. The second kappa shape index (κ2) is 9.64. The highest BCUT2D eigenvalue weighted by atomic mass is 35.5. The van der Waals surface area contributed by atoms with Crippen LogP contribution in [0, 0.1) is 4.91 Å². The standard InChI is InChI=1S/C8H15ClN4O4/c9-3-6-13(12-17)7(14)10-4-1-2-5-11-8(15)16/h11H,1-6H2,(H,10,14)(H,15,16). The Morgan fingerprint density at radius 3 is 2.29 bits per heavy atom. The van der Waals surface area contributed by atoms with E-state index in [4.69, 9.17) is 16.7 Å². The highest BCUT2D eigenvalue weighted by Gasteiger charge is 2.11. The zero-order chi connectivity index (χ0) is 13.1. The number of nitrogens with zero attached hydrogens (tertiary/aromatic N) is 2. The van der Waals surface area contributed by atoms with Crippen molar-refractivity contribution in [1.29, 1.82) is 0 Å². The lowest BCUT2D eigenvalue weighted by molar-refractivity contribution is 0.193. The molecule has 0 fully saturated rings. The molecule has 0 bridgehead atoms. The van der Waals surface area contributed by atoms with Crippen molar-refractivity contribution in [3.05, 3.63) is 4.91 Å². The summed E-state index contributed by atoms with van der Waals surface area (Å²) in [7, 11) is 0. The number of alkyl halides is 1. The van der Waals surface area contributed by atoms with Gasteiger partial charge in [-0.05, 0) is 12.8 Å². The Bertz CT molecular complexity index is 264. The van der Waals surface area contributed by atoms with Crippen LogP contribution in [0.15, 0.2) is 5.29 Å². The summed E-state index contributed by atoms with van der Waals surface area (Å²) in [4.78, 5) is 31.6. The topological polar surface area (TPSA) is 111 Å². The predicted molar refractivity (Wildman–Crippen MR) is 61.9 cm³/mol. The molecule has 0 atom stereocenters. The van der Waals surface area contributed by atoms with Crippen molar-refractivity contribution in [2.45, 2.75) is 12.8 Å². The van der Waals surface area contributed by atoms with E-state index >= 15 is 0 Å². The van der Waals surface area contributed by atoms with E-state index in [0.717, 1.165) is 0 Å². The van der Waals surface area contributed by atoms with Crippen LogP contribution in [0.1, 0.15) is 12.8 Å². The number of carboxylic acid groups (broad SMARTS) is 1. The number of nitroso groups, excluding NO2 is 1. The zero-order valence-electron chi connectivity index (χ0n) is 9.19. The SMILES string of the molecule is O=NN(CCCl)C(=O)NCCCCNC(=O)O. The van der Waals surface area contributed by atoms with Gasteiger partial charge in [0.2, 0.25) is 0 Å². The van der Waals surface area contributed by atoms with Gasteiger partial charge in [-0.3, -0.25) is 0 Å². The summed E-state index contributed by atoms with van der Waals surface area (Å²) in [6.07, 6.45) is 0.114. The molecule has 0 aliphatic rings. The smallest absolute Gasteiger partial charge is 0.404 e. The fourth-order valence-corrected chi connectivity index (χ4v) is 1.15. The van der Waals surface area contributed by atoms with Gasteiger partial charge in [-0.25, -0.2) is 9.59 Å². The molecule has 0 aliphatic heterocycles. The Kier molecular flexibility index (Phi) is 8.75. The van der Waals surface area contributed by atoms with Crippen LogP contribution in [0.5, 0.6) is 0 Å². The Hall–Kier alpha value is -1.57. The summed E-state index contributed by atoms with van der Waals surface area (Å²) in [5, 5.41) is 16.1. The average Bonchev–Trinajstić information content (AvgIpc) is 2.29. The van der Waals surface area contributed by atoms with Crippen molar-refractivity contribution in [2.24, 2.45) is 5.29 Å². The van der Waals surface area contributed by atoms with Crippen LogP contribution in [0.4, 0.5) is 9.59 Å². The van der Waals surface area contributed by atoms with Crippen molar-refractivity contribution in [2.75, 3.05) is 25.5 Å². The molecule has 8 nitrogen and oxygen atoms in total. The quantitative estimate of drug-likeness (QED) is 0.263. The first-order chi connectivity index (χ1) is 8.11. The van der Waals surface area contributed by atoms with E-state index in [1.54, 1.807) is 0 Å². The molecule has 0 saturated heterocycles. The Morgan fingerprint density at radius 2 is 1.82 bits per heavy atom. The van der Waals surface area contributed by atoms with Gasteiger partial charge in [-0.15, -0.1) is 16.5 Å². The Balaban J connectivity index is 3.56. The highest BCUT2D eigenvalue weighted by Crippen LogP contribution is 1.93. The minimum Gasteiger partial charge on any atom is -0.465 e. The number of hydrogen-bond acceptors (Lipinski definition) is 4. The predicted octanol–water partition coefficient (Wildman–Crippen LogP) is 0.966. The van der Waals surface area contributed by atoms with Gasteiger partial charge < -0.3 is 15.7 Å². The molecule has 0 aromatic rings. The lowest BCUT2D eigenvalue weighted by Crippen LogP contribution is -2.38. The minimum absolute atomic E-state index is 0.0530.